The molecule has 0 radical (unpaired) electrons. The Morgan fingerprint density at radius 3 is 2.62 bits per heavy atom. The number of ether oxygens (including phenoxy) is 1. The Kier molecular flexibility index (Phi) is 8.19. The van der Waals surface area contributed by atoms with Crippen molar-refractivity contribution in [3.05, 3.63) is 64.2 Å². The molecule has 39 heavy (non-hydrogen) atoms. The number of aromatic nitrogens is 3. The Balaban J connectivity index is 1.68. The fourth-order valence-electron chi connectivity index (χ4n) is 4.34. The molecule has 0 fully saturated rings. The summed E-state index contributed by atoms with van der Waals surface area (Å²) in [6, 6.07) is 10.0. The number of amides is 1. The van der Waals surface area contributed by atoms with E-state index in [9.17, 15) is 9.59 Å². The minimum Gasteiger partial charge on any atom is -0.460 e. The second-order valence-electron chi connectivity index (χ2n) is 10.3. The number of carbonyl (C=O) groups is 2. The summed E-state index contributed by atoms with van der Waals surface area (Å²) in [4.78, 5) is 30.2. The number of halogens is 1. The Morgan fingerprint density at radius 1 is 1.21 bits per heavy atom. The van der Waals surface area contributed by atoms with Crippen molar-refractivity contribution in [3.63, 3.8) is 0 Å². The predicted molar refractivity (Wildman–Crippen MR) is 152 cm³/mol. The van der Waals surface area contributed by atoms with Crippen LogP contribution in [0.25, 0.3) is 10.9 Å². The average Bonchev–Trinajstić information content (AvgIpc) is 3.53. The van der Waals surface area contributed by atoms with Gasteiger partial charge in [-0.1, -0.05) is 19.1 Å². The van der Waals surface area contributed by atoms with Crippen molar-refractivity contribution in [2.45, 2.75) is 59.2 Å². The number of nitrogens with one attached hydrogen (secondary N) is 2. The number of fused-ring (bicyclic) bond motifs is 1. The summed E-state index contributed by atoms with van der Waals surface area (Å²) in [5.74, 6) is -2.14. The molecule has 9 nitrogen and oxygen atoms in total. The van der Waals surface area contributed by atoms with Crippen molar-refractivity contribution in [2.75, 3.05) is 10.6 Å². The summed E-state index contributed by atoms with van der Waals surface area (Å²) in [6.45, 7) is 10.0. The van der Waals surface area contributed by atoms with Crippen molar-refractivity contribution < 1.29 is 18.7 Å². The van der Waals surface area contributed by atoms with Crippen molar-refractivity contribution >= 4 is 51.4 Å². The van der Waals surface area contributed by atoms with Crippen LogP contribution < -0.4 is 16.4 Å². The third-order valence-electron chi connectivity index (χ3n) is 6.10. The highest BCUT2D eigenvalue weighted by Crippen LogP contribution is 2.34. The molecule has 11 heteroatoms. The standard InChI is InChI=1S/C28H33FN6O3S/c1-6-35-21-10-7-9-20(18(21)15-31-35)32-26-17(25(30)37)14-19(29)27(34-26)33-24(22-11-8-12-39-22)16(2)13-23(36)38-28(3,4)5/h7-12,14-16,24H,6,13H2,1-5H3,(H2,30,37)(H2,32,33,34)/t16-,24+/m1/s1. The first-order chi connectivity index (χ1) is 18.5. The summed E-state index contributed by atoms with van der Waals surface area (Å²) in [5.41, 5.74) is 6.43. The minimum atomic E-state index is -0.819. The zero-order chi connectivity index (χ0) is 28.3. The molecule has 3 heterocycles. The van der Waals surface area contributed by atoms with Crippen LogP contribution in [0.2, 0.25) is 0 Å². The van der Waals surface area contributed by atoms with Crippen LogP contribution in [0.15, 0.2) is 48.0 Å². The number of nitrogens with zero attached hydrogens (tertiary/aromatic N) is 3. The Labute approximate surface area is 230 Å². The van der Waals surface area contributed by atoms with Gasteiger partial charge in [-0.25, -0.2) is 9.37 Å². The van der Waals surface area contributed by atoms with Crippen LogP contribution in [-0.2, 0) is 16.1 Å². The SMILES string of the molecule is CCn1ncc2c(Nc3nc(N[C@H](c4cccs4)[C@H](C)CC(=O)OC(C)(C)C)c(F)cc3C(N)=O)cccc21. The van der Waals surface area contributed by atoms with Crippen molar-refractivity contribution in [1.82, 2.24) is 14.8 Å². The van der Waals surface area contributed by atoms with Gasteiger partial charge in [-0.15, -0.1) is 11.3 Å². The predicted octanol–water partition coefficient (Wildman–Crippen LogP) is 6.02. The first kappa shape index (κ1) is 28.0. The lowest BCUT2D eigenvalue weighted by atomic mass is 9.96. The quantitative estimate of drug-likeness (QED) is 0.206. The number of benzene rings is 1. The molecule has 0 aliphatic carbocycles. The zero-order valence-electron chi connectivity index (χ0n) is 22.6. The van der Waals surface area contributed by atoms with E-state index in [4.69, 9.17) is 10.5 Å². The second kappa shape index (κ2) is 11.4. The van der Waals surface area contributed by atoms with Crippen LogP contribution in [0.3, 0.4) is 0 Å². The molecule has 1 amide bonds. The van der Waals surface area contributed by atoms with Crippen molar-refractivity contribution in [1.29, 1.82) is 0 Å². The summed E-state index contributed by atoms with van der Waals surface area (Å²) in [6.07, 6.45) is 1.83. The van der Waals surface area contributed by atoms with Gasteiger partial charge in [0.25, 0.3) is 5.91 Å². The fourth-order valence-corrected chi connectivity index (χ4v) is 5.25. The van der Waals surface area contributed by atoms with Gasteiger partial charge in [-0.3, -0.25) is 14.3 Å². The van der Waals surface area contributed by atoms with Gasteiger partial charge in [-0.2, -0.15) is 5.10 Å². The van der Waals surface area contributed by atoms with Crippen LogP contribution in [0.1, 0.15) is 62.3 Å². The molecule has 0 saturated heterocycles. The number of esters is 1. The molecule has 206 valence electrons. The number of pyridine rings is 1. The third-order valence-corrected chi connectivity index (χ3v) is 7.06. The first-order valence-corrected chi connectivity index (χ1v) is 13.6. The van der Waals surface area contributed by atoms with Crippen LogP contribution in [-0.4, -0.2) is 32.2 Å². The van der Waals surface area contributed by atoms with Crippen molar-refractivity contribution in [2.24, 2.45) is 11.7 Å². The molecule has 0 saturated carbocycles. The molecule has 4 N–H and O–H groups in total. The molecule has 4 rings (SSSR count). The molecule has 2 atom stereocenters. The second-order valence-corrected chi connectivity index (χ2v) is 11.3. The van der Waals surface area contributed by atoms with Crippen LogP contribution in [0.4, 0.5) is 21.7 Å². The highest BCUT2D eigenvalue weighted by Gasteiger charge is 2.28. The number of nitrogens with two attached hydrogens (primary N) is 1. The average molecular weight is 553 g/mol. The zero-order valence-corrected chi connectivity index (χ0v) is 23.4. The molecule has 0 aliphatic rings. The van der Waals surface area contributed by atoms with E-state index in [1.54, 1.807) is 6.20 Å². The maximum absolute atomic E-state index is 15.3. The van der Waals surface area contributed by atoms with Crippen LogP contribution in [0, 0.1) is 11.7 Å². The van der Waals surface area contributed by atoms with E-state index < -0.39 is 23.4 Å². The number of hydrogen-bond donors (Lipinski definition) is 3. The molecule has 0 unspecified atom stereocenters. The Morgan fingerprint density at radius 2 is 1.97 bits per heavy atom. The van der Waals surface area contributed by atoms with E-state index >= 15 is 4.39 Å². The lowest BCUT2D eigenvalue weighted by Gasteiger charge is -2.27. The van der Waals surface area contributed by atoms with E-state index in [0.29, 0.717) is 12.2 Å². The highest BCUT2D eigenvalue weighted by atomic mass is 32.1. The maximum atomic E-state index is 15.3. The van der Waals surface area contributed by atoms with Gasteiger partial charge in [0.2, 0.25) is 0 Å². The number of hydrogen-bond acceptors (Lipinski definition) is 8. The summed E-state index contributed by atoms with van der Waals surface area (Å²) < 4.78 is 22.7. The number of aryl methyl sites for hydroxylation is 1. The highest BCUT2D eigenvalue weighted by molar-refractivity contribution is 7.10. The Hall–Kier alpha value is -3.99. The van der Waals surface area contributed by atoms with E-state index in [-0.39, 0.29) is 35.5 Å². The molecular weight excluding hydrogens is 519 g/mol. The van der Waals surface area contributed by atoms with E-state index in [2.05, 4.69) is 20.7 Å². The molecule has 0 bridgehead atoms. The van der Waals surface area contributed by atoms with E-state index in [0.717, 1.165) is 21.8 Å². The van der Waals surface area contributed by atoms with Crippen LogP contribution in [0.5, 0.6) is 0 Å². The normalized spacial score (nSPS) is 13.2. The topological polar surface area (TPSA) is 124 Å². The number of thiophene rings is 1. The minimum absolute atomic E-state index is 0.0756. The largest absolute Gasteiger partial charge is 0.460 e. The number of anilines is 3. The van der Waals surface area contributed by atoms with Gasteiger partial charge < -0.3 is 21.1 Å². The molecule has 3 aromatic heterocycles. The van der Waals surface area contributed by atoms with Gasteiger partial charge in [-0.05, 0) is 63.3 Å². The lowest BCUT2D eigenvalue weighted by molar-refractivity contribution is -0.155. The van der Waals surface area contributed by atoms with Crippen LogP contribution >= 0.6 is 11.3 Å². The third kappa shape index (κ3) is 6.54. The van der Waals surface area contributed by atoms with Crippen molar-refractivity contribution in [3.8, 4) is 0 Å². The first-order valence-electron chi connectivity index (χ1n) is 12.7. The van der Waals surface area contributed by atoms with Gasteiger partial charge in [0, 0.05) is 16.8 Å². The van der Waals surface area contributed by atoms with Gasteiger partial charge in [0.05, 0.1) is 35.4 Å². The van der Waals surface area contributed by atoms with Gasteiger partial charge in [0.1, 0.15) is 11.4 Å². The van der Waals surface area contributed by atoms with E-state index in [1.165, 1.54) is 11.3 Å². The van der Waals surface area contributed by atoms with E-state index in [1.807, 2.05) is 75.0 Å². The molecule has 0 aliphatic heterocycles. The fraction of sp³-hybridized carbons (Fsp3) is 0.357. The van der Waals surface area contributed by atoms with Gasteiger partial charge in [0.15, 0.2) is 11.6 Å². The monoisotopic (exact) mass is 552 g/mol. The molecule has 0 spiro atoms. The smallest absolute Gasteiger partial charge is 0.306 e. The van der Waals surface area contributed by atoms with Gasteiger partial charge >= 0.3 is 5.97 Å². The lowest BCUT2D eigenvalue weighted by Crippen LogP contribution is -2.28. The summed E-state index contributed by atoms with van der Waals surface area (Å²) in [7, 11) is 0. The summed E-state index contributed by atoms with van der Waals surface area (Å²) >= 11 is 1.48. The molecule has 1 aromatic carbocycles. The number of carbonyl (C=O) groups excluding carboxylic acids is 2. The summed E-state index contributed by atoms with van der Waals surface area (Å²) in [5, 5.41) is 13.4. The number of rotatable bonds is 10. The maximum Gasteiger partial charge on any atom is 0.306 e. The molecule has 4 aromatic rings. The molecular formula is C28H33FN6O3S. The number of primary amides is 1. The Bertz CT molecular complexity index is 1480.